The van der Waals surface area contributed by atoms with Crippen LogP contribution in [0.4, 0.5) is 5.69 Å². The summed E-state index contributed by atoms with van der Waals surface area (Å²) in [6, 6.07) is 13.1. The number of benzene rings is 2. The van der Waals surface area contributed by atoms with Crippen LogP contribution < -0.4 is 10.9 Å². The van der Waals surface area contributed by atoms with Gasteiger partial charge in [0.1, 0.15) is 0 Å². The molecule has 1 fully saturated rings. The van der Waals surface area contributed by atoms with Gasteiger partial charge in [-0.2, -0.15) is 9.40 Å². The normalized spacial score (nSPS) is 15.3. The van der Waals surface area contributed by atoms with E-state index in [4.69, 9.17) is 0 Å². The van der Waals surface area contributed by atoms with Gasteiger partial charge in [-0.15, -0.1) is 0 Å². The summed E-state index contributed by atoms with van der Waals surface area (Å²) in [4.78, 5) is 26.0. The third-order valence-corrected chi connectivity index (χ3v) is 7.71. The van der Waals surface area contributed by atoms with Crippen LogP contribution in [0.2, 0.25) is 0 Å². The van der Waals surface area contributed by atoms with Crippen molar-refractivity contribution in [2.75, 3.05) is 18.4 Å². The number of rotatable bonds is 6. The first kappa shape index (κ1) is 23.1. The third-order valence-electron chi connectivity index (χ3n) is 5.81. The van der Waals surface area contributed by atoms with E-state index in [0.717, 1.165) is 25.7 Å². The van der Waals surface area contributed by atoms with E-state index >= 15 is 0 Å². The maximum absolute atomic E-state index is 13.2. The predicted octanol–water partition coefficient (Wildman–Crippen LogP) is 3.62. The molecule has 3 aromatic rings. The molecule has 0 unspecified atom stereocenters. The molecule has 8 nitrogen and oxygen atoms in total. The molecule has 4 rings (SSSR count). The Bertz CT molecular complexity index is 1330. The largest absolute Gasteiger partial charge is 0.321 e. The minimum Gasteiger partial charge on any atom is -0.321 e. The van der Waals surface area contributed by atoms with Gasteiger partial charge in [-0.25, -0.2) is 13.1 Å². The van der Waals surface area contributed by atoms with Crippen LogP contribution in [0.5, 0.6) is 0 Å². The Morgan fingerprint density at radius 3 is 2.39 bits per heavy atom. The zero-order chi connectivity index (χ0) is 23.4. The van der Waals surface area contributed by atoms with Crippen molar-refractivity contribution in [2.45, 2.75) is 50.5 Å². The summed E-state index contributed by atoms with van der Waals surface area (Å²) in [6.45, 7) is 3.34. The smallest absolute Gasteiger partial charge is 0.276 e. The van der Waals surface area contributed by atoms with Crippen molar-refractivity contribution in [2.24, 2.45) is 0 Å². The quantitative estimate of drug-likeness (QED) is 0.595. The third kappa shape index (κ3) is 4.84. The summed E-state index contributed by atoms with van der Waals surface area (Å²) in [5, 5.41) is 7.95. The lowest BCUT2D eigenvalue weighted by Crippen LogP contribution is -2.32. The molecule has 1 aliphatic rings. The molecule has 0 aliphatic carbocycles. The van der Waals surface area contributed by atoms with Crippen LogP contribution in [0, 0.1) is 0 Å². The van der Waals surface area contributed by atoms with E-state index in [2.05, 4.69) is 10.4 Å². The molecule has 0 spiro atoms. The summed E-state index contributed by atoms with van der Waals surface area (Å²) in [7, 11) is -3.64. The molecule has 2 aromatic carbocycles. The van der Waals surface area contributed by atoms with Gasteiger partial charge < -0.3 is 5.32 Å². The van der Waals surface area contributed by atoms with Crippen LogP contribution in [-0.2, 0) is 16.6 Å². The van der Waals surface area contributed by atoms with E-state index in [9.17, 15) is 18.0 Å². The lowest BCUT2D eigenvalue weighted by atomic mass is 10.1. The standard InChI is InChI=1S/C24H28N4O4S/c1-2-14-28-24(30)21-13-6-5-12-20(21)22(26-28)23(29)25-18-10-9-11-19(17-18)33(31,32)27-15-7-3-4-8-16-27/h5-6,9-13,17H,2-4,7-8,14-16H2,1H3,(H,25,29). The number of fused-ring (bicyclic) bond motifs is 1. The van der Waals surface area contributed by atoms with Crippen molar-refractivity contribution in [3.8, 4) is 0 Å². The molecule has 9 heteroatoms. The average molecular weight is 469 g/mol. The van der Waals surface area contributed by atoms with Gasteiger partial charge in [0.15, 0.2) is 5.69 Å². The number of aromatic nitrogens is 2. The number of nitrogens with zero attached hydrogens (tertiary/aromatic N) is 3. The Labute approximate surface area is 193 Å². The lowest BCUT2D eigenvalue weighted by Gasteiger charge is -2.20. The zero-order valence-electron chi connectivity index (χ0n) is 18.7. The van der Waals surface area contributed by atoms with E-state index in [1.807, 2.05) is 6.92 Å². The minimum atomic E-state index is -3.64. The highest BCUT2D eigenvalue weighted by atomic mass is 32.2. The first-order chi connectivity index (χ1) is 15.9. The van der Waals surface area contributed by atoms with E-state index < -0.39 is 15.9 Å². The summed E-state index contributed by atoms with van der Waals surface area (Å²) in [6.07, 6.45) is 4.46. The van der Waals surface area contributed by atoms with E-state index in [-0.39, 0.29) is 16.1 Å². The van der Waals surface area contributed by atoms with Crippen molar-refractivity contribution in [3.05, 3.63) is 64.6 Å². The van der Waals surface area contributed by atoms with Crippen LogP contribution in [0.25, 0.3) is 10.8 Å². The first-order valence-corrected chi connectivity index (χ1v) is 12.8. The van der Waals surface area contributed by atoms with E-state index in [1.165, 1.54) is 15.1 Å². The molecule has 2 heterocycles. The Balaban J connectivity index is 1.66. The van der Waals surface area contributed by atoms with Crippen molar-refractivity contribution in [1.29, 1.82) is 0 Å². The number of nitrogens with one attached hydrogen (secondary N) is 1. The van der Waals surface area contributed by atoms with Crippen LogP contribution >= 0.6 is 0 Å². The monoisotopic (exact) mass is 468 g/mol. The first-order valence-electron chi connectivity index (χ1n) is 11.3. The molecule has 1 saturated heterocycles. The van der Waals surface area contributed by atoms with Gasteiger partial charge in [0.05, 0.1) is 10.3 Å². The van der Waals surface area contributed by atoms with Crippen LogP contribution in [-0.4, -0.2) is 41.5 Å². The van der Waals surface area contributed by atoms with Crippen molar-refractivity contribution >= 4 is 32.4 Å². The highest BCUT2D eigenvalue weighted by Crippen LogP contribution is 2.23. The predicted molar refractivity (Wildman–Crippen MR) is 128 cm³/mol. The van der Waals surface area contributed by atoms with Gasteiger partial charge in [0.25, 0.3) is 11.5 Å². The minimum absolute atomic E-state index is 0.124. The molecule has 0 atom stereocenters. The number of anilines is 1. The lowest BCUT2D eigenvalue weighted by molar-refractivity contribution is 0.102. The van der Waals surface area contributed by atoms with Crippen molar-refractivity contribution < 1.29 is 13.2 Å². The molecule has 33 heavy (non-hydrogen) atoms. The Morgan fingerprint density at radius 2 is 1.70 bits per heavy atom. The molecular formula is C24H28N4O4S. The number of hydrogen-bond donors (Lipinski definition) is 1. The summed E-state index contributed by atoms with van der Waals surface area (Å²) >= 11 is 0. The molecule has 0 radical (unpaired) electrons. The molecule has 174 valence electrons. The number of carbonyl (C=O) groups excluding carboxylic acids is 1. The van der Waals surface area contributed by atoms with Crippen LogP contribution in [0.3, 0.4) is 0 Å². The number of aryl methyl sites for hydroxylation is 1. The van der Waals surface area contributed by atoms with Crippen molar-refractivity contribution in [1.82, 2.24) is 14.1 Å². The highest BCUT2D eigenvalue weighted by Gasteiger charge is 2.25. The number of amides is 1. The molecule has 1 aromatic heterocycles. The Hall–Kier alpha value is -3.04. The fourth-order valence-corrected chi connectivity index (χ4v) is 5.69. The van der Waals surface area contributed by atoms with Gasteiger partial charge in [0.2, 0.25) is 10.0 Å². The SMILES string of the molecule is CCCn1nc(C(=O)Nc2cccc(S(=O)(=O)N3CCCCCC3)c2)c2ccccc2c1=O. The number of sulfonamides is 1. The summed E-state index contributed by atoms with van der Waals surface area (Å²) < 4.78 is 29.1. The van der Waals surface area contributed by atoms with Gasteiger partial charge in [0, 0.05) is 30.7 Å². The molecule has 0 bridgehead atoms. The average Bonchev–Trinajstić information content (AvgIpc) is 3.11. The maximum atomic E-state index is 13.2. The molecular weight excluding hydrogens is 440 g/mol. The highest BCUT2D eigenvalue weighted by molar-refractivity contribution is 7.89. The van der Waals surface area contributed by atoms with E-state index in [1.54, 1.807) is 42.5 Å². The fraction of sp³-hybridized carbons (Fsp3) is 0.375. The maximum Gasteiger partial charge on any atom is 0.276 e. The van der Waals surface area contributed by atoms with E-state index in [0.29, 0.717) is 42.5 Å². The fourth-order valence-electron chi connectivity index (χ4n) is 4.12. The summed E-state index contributed by atoms with van der Waals surface area (Å²) in [5.41, 5.74) is 0.240. The topological polar surface area (TPSA) is 101 Å². The second-order valence-electron chi connectivity index (χ2n) is 8.22. The molecule has 1 N–H and O–H groups in total. The van der Waals surface area contributed by atoms with Gasteiger partial charge in [-0.05, 0) is 43.5 Å². The number of hydrogen-bond acceptors (Lipinski definition) is 5. The van der Waals surface area contributed by atoms with Gasteiger partial charge >= 0.3 is 0 Å². The van der Waals surface area contributed by atoms with Crippen LogP contribution in [0.15, 0.2) is 58.2 Å². The summed E-state index contributed by atoms with van der Waals surface area (Å²) in [5.74, 6) is -0.500. The van der Waals surface area contributed by atoms with Crippen molar-refractivity contribution in [3.63, 3.8) is 0 Å². The van der Waals surface area contributed by atoms with Gasteiger partial charge in [-0.1, -0.05) is 44.0 Å². The second kappa shape index (κ2) is 9.84. The Morgan fingerprint density at radius 1 is 1.00 bits per heavy atom. The van der Waals surface area contributed by atoms with Crippen LogP contribution in [0.1, 0.15) is 49.5 Å². The molecule has 0 saturated carbocycles. The molecule has 1 aliphatic heterocycles. The molecule has 1 amide bonds. The zero-order valence-corrected chi connectivity index (χ0v) is 19.5. The second-order valence-corrected chi connectivity index (χ2v) is 10.2. The van der Waals surface area contributed by atoms with Gasteiger partial charge in [-0.3, -0.25) is 9.59 Å². The Kier molecular flexibility index (Phi) is 6.90. The number of carbonyl (C=O) groups is 1.